The predicted octanol–water partition coefficient (Wildman–Crippen LogP) is 2.35. The fraction of sp³-hybridized carbons (Fsp3) is 0.400. The maximum atomic E-state index is 12.2. The molecule has 0 aliphatic carbocycles. The van der Waals surface area contributed by atoms with Crippen LogP contribution in [0.5, 0.6) is 5.75 Å². The van der Waals surface area contributed by atoms with Crippen LogP contribution in [-0.2, 0) is 0 Å². The highest BCUT2D eigenvalue weighted by atomic mass is 32.2. The van der Waals surface area contributed by atoms with Crippen LogP contribution in [0.25, 0.3) is 0 Å². The lowest BCUT2D eigenvalue weighted by Crippen LogP contribution is -2.15. The summed E-state index contributed by atoms with van der Waals surface area (Å²) in [6.45, 7) is 0.303. The van der Waals surface area contributed by atoms with Gasteiger partial charge in [0.1, 0.15) is 5.75 Å². The van der Waals surface area contributed by atoms with Gasteiger partial charge in [-0.2, -0.15) is 13.2 Å². The number of phenols is 1. The molecule has 0 aromatic heterocycles. The molecule has 0 heterocycles. The van der Waals surface area contributed by atoms with E-state index < -0.39 is 11.6 Å². The van der Waals surface area contributed by atoms with E-state index in [9.17, 15) is 18.3 Å². The Morgan fingerprint density at radius 3 is 2.53 bits per heavy atom. The SMILES string of the molecule is NCC[C@H](N)c1cc(SC(F)(F)F)ccc1O. The molecule has 0 amide bonds. The summed E-state index contributed by atoms with van der Waals surface area (Å²) in [5.41, 5.74) is 6.95. The lowest BCUT2D eigenvalue weighted by Gasteiger charge is -2.14. The van der Waals surface area contributed by atoms with Crippen LogP contribution in [0.4, 0.5) is 13.2 Å². The maximum Gasteiger partial charge on any atom is 0.446 e. The third-order valence-electron chi connectivity index (χ3n) is 2.11. The third-order valence-corrected chi connectivity index (χ3v) is 2.83. The number of hydrogen-bond acceptors (Lipinski definition) is 4. The van der Waals surface area contributed by atoms with E-state index >= 15 is 0 Å². The van der Waals surface area contributed by atoms with E-state index in [0.717, 1.165) is 0 Å². The van der Waals surface area contributed by atoms with Gasteiger partial charge in [-0.3, -0.25) is 0 Å². The first kappa shape index (κ1) is 14.1. The largest absolute Gasteiger partial charge is 0.508 e. The van der Waals surface area contributed by atoms with Crippen molar-refractivity contribution in [3.05, 3.63) is 23.8 Å². The summed E-state index contributed by atoms with van der Waals surface area (Å²) in [6, 6.07) is 3.09. The molecule has 1 aromatic rings. The Morgan fingerprint density at radius 2 is 2.00 bits per heavy atom. The molecule has 1 rings (SSSR count). The number of phenolic OH excluding ortho intramolecular Hbond substituents is 1. The van der Waals surface area contributed by atoms with Gasteiger partial charge in [-0.1, -0.05) is 0 Å². The van der Waals surface area contributed by atoms with Gasteiger partial charge < -0.3 is 16.6 Å². The molecule has 0 aliphatic heterocycles. The number of rotatable bonds is 4. The van der Waals surface area contributed by atoms with E-state index in [2.05, 4.69) is 0 Å². The summed E-state index contributed by atoms with van der Waals surface area (Å²) in [5.74, 6) is -0.113. The zero-order valence-electron chi connectivity index (χ0n) is 8.87. The van der Waals surface area contributed by atoms with Crippen LogP contribution < -0.4 is 11.5 Å². The predicted molar refractivity (Wildman–Crippen MR) is 60.6 cm³/mol. The van der Waals surface area contributed by atoms with Crippen LogP contribution in [-0.4, -0.2) is 17.2 Å². The summed E-state index contributed by atoms with van der Waals surface area (Å²) in [6.07, 6.45) is 0.397. The highest BCUT2D eigenvalue weighted by Gasteiger charge is 2.29. The number of aromatic hydroxyl groups is 1. The highest BCUT2D eigenvalue weighted by molar-refractivity contribution is 8.00. The van der Waals surface area contributed by atoms with Crippen LogP contribution in [0.3, 0.4) is 0 Å². The van der Waals surface area contributed by atoms with Crippen LogP contribution in [0.15, 0.2) is 23.1 Å². The number of thioether (sulfide) groups is 1. The van der Waals surface area contributed by atoms with Gasteiger partial charge in [0, 0.05) is 16.5 Å². The van der Waals surface area contributed by atoms with Crippen molar-refractivity contribution >= 4 is 11.8 Å². The van der Waals surface area contributed by atoms with Crippen LogP contribution in [0.2, 0.25) is 0 Å². The molecule has 1 atom stereocenters. The minimum atomic E-state index is -4.35. The summed E-state index contributed by atoms with van der Waals surface area (Å²) >= 11 is -0.239. The van der Waals surface area contributed by atoms with E-state index in [1.54, 1.807) is 0 Å². The maximum absolute atomic E-state index is 12.2. The molecular formula is C10H13F3N2OS. The van der Waals surface area contributed by atoms with Crippen molar-refractivity contribution in [2.24, 2.45) is 11.5 Å². The molecule has 3 nitrogen and oxygen atoms in total. The van der Waals surface area contributed by atoms with Gasteiger partial charge in [0.05, 0.1) is 0 Å². The zero-order valence-corrected chi connectivity index (χ0v) is 9.68. The fourth-order valence-electron chi connectivity index (χ4n) is 1.36. The molecular weight excluding hydrogens is 253 g/mol. The van der Waals surface area contributed by atoms with Crippen molar-refractivity contribution in [3.8, 4) is 5.75 Å². The number of benzene rings is 1. The molecule has 17 heavy (non-hydrogen) atoms. The molecule has 1 aromatic carbocycles. The Bertz CT molecular complexity index is 384. The minimum absolute atomic E-state index is 0.00206. The molecule has 0 radical (unpaired) electrons. The minimum Gasteiger partial charge on any atom is -0.508 e. The Kier molecular flexibility index (Phi) is 4.67. The molecule has 0 spiro atoms. The van der Waals surface area contributed by atoms with E-state index in [1.807, 2.05) is 0 Å². The second-order valence-corrected chi connectivity index (χ2v) is 4.59. The van der Waals surface area contributed by atoms with E-state index in [0.29, 0.717) is 13.0 Å². The molecule has 96 valence electrons. The molecule has 0 saturated carbocycles. The quantitative estimate of drug-likeness (QED) is 0.731. The summed E-state index contributed by atoms with van der Waals surface area (Å²) in [7, 11) is 0. The third kappa shape index (κ3) is 4.45. The Morgan fingerprint density at radius 1 is 1.35 bits per heavy atom. The first-order chi connectivity index (χ1) is 7.83. The summed E-state index contributed by atoms with van der Waals surface area (Å²) in [4.78, 5) is -0.00206. The van der Waals surface area contributed by atoms with Gasteiger partial charge in [0.15, 0.2) is 0 Å². The lowest BCUT2D eigenvalue weighted by molar-refractivity contribution is -0.0328. The Hall–Kier alpha value is -0.920. The smallest absolute Gasteiger partial charge is 0.446 e. The molecule has 0 bridgehead atoms. The average Bonchev–Trinajstić information content (AvgIpc) is 2.19. The van der Waals surface area contributed by atoms with Crippen molar-refractivity contribution in [2.45, 2.75) is 22.9 Å². The van der Waals surface area contributed by atoms with Gasteiger partial charge >= 0.3 is 5.51 Å². The molecule has 0 saturated heterocycles. The fourth-order valence-corrected chi connectivity index (χ4v) is 1.95. The summed E-state index contributed by atoms with van der Waals surface area (Å²) in [5, 5.41) is 9.52. The van der Waals surface area contributed by atoms with Crippen LogP contribution in [0.1, 0.15) is 18.0 Å². The van der Waals surface area contributed by atoms with Crippen molar-refractivity contribution in [2.75, 3.05) is 6.54 Å². The number of nitrogens with two attached hydrogens (primary N) is 2. The van der Waals surface area contributed by atoms with E-state index in [4.69, 9.17) is 11.5 Å². The number of halogens is 3. The van der Waals surface area contributed by atoms with Crippen molar-refractivity contribution in [1.82, 2.24) is 0 Å². The monoisotopic (exact) mass is 266 g/mol. The van der Waals surface area contributed by atoms with Crippen LogP contribution in [0, 0.1) is 0 Å². The lowest BCUT2D eigenvalue weighted by atomic mass is 10.0. The van der Waals surface area contributed by atoms with Crippen molar-refractivity contribution in [1.29, 1.82) is 0 Å². The molecule has 7 heteroatoms. The van der Waals surface area contributed by atoms with Gasteiger partial charge in [0.2, 0.25) is 0 Å². The van der Waals surface area contributed by atoms with Crippen LogP contribution >= 0.6 is 11.8 Å². The number of hydrogen-bond donors (Lipinski definition) is 3. The Labute approximate surface area is 101 Å². The normalized spacial score (nSPS) is 13.7. The first-order valence-electron chi connectivity index (χ1n) is 4.88. The Balaban J connectivity index is 2.94. The molecule has 0 unspecified atom stereocenters. The van der Waals surface area contributed by atoms with Crippen molar-refractivity contribution < 1.29 is 18.3 Å². The van der Waals surface area contributed by atoms with Gasteiger partial charge in [-0.15, -0.1) is 0 Å². The highest BCUT2D eigenvalue weighted by Crippen LogP contribution is 2.39. The van der Waals surface area contributed by atoms with Gasteiger partial charge in [0.25, 0.3) is 0 Å². The molecule has 5 N–H and O–H groups in total. The van der Waals surface area contributed by atoms with E-state index in [1.165, 1.54) is 18.2 Å². The number of alkyl halides is 3. The summed E-state index contributed by atoms with van der Waals surface area (Å²) < 4.78 is 36.5. The molecule has 0 fully saturated rings. The van der Waals surface area contributed by atoms with Gasteiger partial charge in [-0.25, -0.2) is 0 Å². The standard InChI is InChI=1S/C10H13F3N2OS/c11-10(12,13)17-6-1-2-9(16)7(5-6)8(15)3-4-14/h1-2,5,8,16H,3-4,14-15H2/t8-/m0/s1. The zero-order chi connectivity index (χ0) is 13.1. The van der Waals surface area contributed by atoms with Crippen molar-refractivity contribution in [3.63, 3.8) is 0 Å². The van der Waals surface area contributed by atoms with E-state index in [-0.39, 0.29) is 28.0 Å². The first-order valence-corrected chi connectivity index (χ1v) is 5.69. The average molecular weight is 266 g/mol. The topological polar surface area (TPSA) is 72.3 Å². The second-order valence-electron chi connectivity index (χ2n) is 3.45. The van der Waals surface area contributed by atoms with Gasteiger partial charge in [-0.05, 0) is 42.9 Å². The second kappa shape index (κ2) is 5.61. The molecule has 0 aliphatic rings.